The number of carbonyl (C=O) groups excluding carboxylic acids is 1. The second-order valence-electron chi connectivity index (χ2n) is 9.56. The summed E-state index contributed by atoms with van der Waals surface area (Å²) in [4.78, 5) is 17.5. The molecule has 4 heteroatoms. The van der Waals surface area contributed by atoms with Crippen molar-refractivity contribution in [3.05, 3.63) is 47.5 Å². The van der Waals surface area contributed by atoms with Crippen LogP contribution in [0.25, 0.3) is 0 Å². The number of rotatable bonds is 5. The summed E-state index contributed by atoms with van der Waals surface area (Å²) in [6.07, 6.45) is 9.48. The van der Waals surface area contributed by atoms with E-state index >= 15 is 0 Å². The smallest absolute Gasteiger partial charge is 0.228 e. The number of allylic oxidation sites excluding steroid dienone is 1. The Kier molecular flexibility index (Phi) is 5.49. The summed E-state index contributed by atoms with van der Waals surface area (Å²) in [7, 11) is 0. The van der Waals surface area contributed by atoms with Gasteiger partial charge in [-0.1, -0.05) is 36.4 Å². The quantitative estimate of drug-likeness (QED) is 0.717. The highest BCUT2D eigenvalue weighted by atomic mass is 16.5. The molecule has 0 radical (unpaired) electrons. The number of likely N-dealkylation sites (tertiary alicyclic amines) is 2. The van der Waals surface area contributed by atoms with Crippen molar-refractivity contribution in [2.75, 3.05) is 39.4 Å². The number of carbonyl (C=O) groups is 1. The normalized spacial score (nSPS) is 34.2. The van der Waals surface area contributed by atoms with Gasteiger partial charge >= 0.3 is 0 Å². The Morgan fingerprint density at radius 2 is 2.00 bits per heavy atom. The molecule has 5 atom stereocenters. The summed E-state index contributed by atoms with van der Waals surface area (Å²) in [6.45, 7) is 7.93. The molecule has 0 spiro atoms. The molecular formula is C25H34N2O2. The van der Waals surface area contributed by atoms with Gasteiger partial charge in [0, 0.05) is 38.2 Å². The lowest BCUT2D eigenvalue weighted by Gasteiger charge is -2.23. The zero-order valence-electron chi connectivity index (χ0n) is 17.6. The summed E-state index contributed by atoms with van der Waals surface area (Å²) in [5.41, 5.74) is 2.85. The Morgan fingerprint density at radius 3 is 2.72 bits per heavy atom. The molecule has 3 aliphatic heterocycles. The topological polar surface area (TPSA) is 32.8 Å². The number of amides is 1. The highest BCUT2D eigenvalue weighted by molar-refractivity contribution is 5.79. The van der Waals surface area contributed by atoms with Gasteiger partial charge in [0.15, 0.2) is 0 Å². The van der Waals surface area contributed by atoms with Gasteiger partial charge in [-0.05, 0) is 62.1 Å². The first kappa shape index (κ1) is 19.3. The Bertz CT molecular complexity index is 753. The SMILES string of the molecule is C[C@@H]1CCCN1CCc1ccc([C@@H]2C=C[C@@H]3CN(C(=O)C4CCOC4)C[C@@H]32)cc1. The second-order valence-corrected chi connectivity index (χ2v) is 9.56. The second kappa shape index (κ2) is 8.23. The number of benzene rings is 1. The molecule has 156 valence electrons. The van der Waals surface area contributed by atoms with Gasteiger partial charge in [-0.25, -0.2) is 0 Å². The van der Waals surface area contributed by atoms with E-state index in [1.165, 1.54) is 37.1 Å². The van der Waals surface area contributed by atoms with Crippen LogP contribution in [0.1, 0.15) is 43.2 Å². The van der Waals surface area contributed by atoms with Crippen LogP contribution in [0, 0.1) is 17.8 Å². The number of ether oxygens (including phenoxy) is 1. The molecule has 3 fully saturated rings. The van der Waals surface area contributed by atoms with Crippen molar-refractivity contribution < 1.29 is 9.53 Å². The summed E-state index contributed by atoms with van der Waals surface area (Å²) >= 11 is 0. The third-order valence-corrected chi connectivity index (χ3v) is 7.77. The molecule has 1 aromatic carbocycles. The van der Waals surface area contributed by atoms with Crippen molar-refractivity contribution >= 4 is 5.91 Å². The Balaban J connectivity index is 1.19. The zero-order chi connectivity index (χ0) is 19.8. The highest BCUT2D eigenvalue weighted by Gasteiger charge is 2.43. The van der Waals surface area contributed by atoms with Crippen molar-refractivity contribution in [2.24, 2.45) is 17.8 Å². The maximum absolute atomic E-state index is 12.8. The largest absolute Gasteiger partial charge is 0.381 e. The van der Waals surface area contributed by atoms with Gasteiger partial charge in [0.2, 0.25) is 5.91 Å². The van der Waals surface area contributed by atoms with E-state index in [-0.39, 0.29) is 5.92 Å². The Labute approximate surface area is 174 Å². The maximum Gasteiger partial charge on any atom is 0.228 e. The van der Waals surface area contributed by atoms with Crippen LogP contribution in [0.5, 0.6) is 0 Å². The molecule has 3 heterocycles. The van der Waals surface area contributed by atoms with Crippen molar-refractivity contribution in [1.29, 1.82) is 0 Å². The molecule has 29 heavy (non-hydrogen) atoms. The van der Waals surface area contributed by atoms with E-state index in [1.807, 2.05) is 0 Å². The van der Waals surface area contributed by atoms with E-state index in [0.29, 0.717) is 30.3 Å². The van der Waals surface area contributed by atoms with E-state index in [0.717, 1.165) is 38.6 Å². The number of nitrogens with zero attached hydrogens (tertiary/aromatic N) is 2. The Morgan fingerprint density at radius 1 is 1.14 bits per heavy atom. The predicted octanol–water partition coefficient (Wildman–Crippen LogP) is 3.48. The van der Waals surface area contributed by atoms with Crippen LogP contribution in [0.15, 0.2) is 36.4 Å². The number of fused-ring (bicyclic) bond motifs is 1. The van der Waals surface area contributed by atoms with Crippen molar-refractivity contribution in [1.82, 2.24) is 9.80 Å². The number of hydrogen-bond acceptors (Lipinski definition) is 3. The minimum atomic E-state index is 0.0915. The van der Waals surface area contributed by atoms with Crippen LogP contribution in [0.2, 0.25) is 0 Å². The van der Waals surface area contributed by atoms with Crippen molar-refractivity contribution in [3.8, 4) is 0 Å². The lowest BCUT2D eigenvalue weighted by Crippen LogP contribution is -2.35. The lowest BCUT2D eigenvalue weighted by atomic mass is 9.85. The molecule has 1 amide bonds. The average molecular weight is 395 g/mol. The summed E-state index contributed by atoms with van der Waals surface area (Å²) in [6, 6.07) is 10.1. The molecule has 0 N–H and O–H groups in total. The van der Waals surface area contributed by atoms with Crippen LogP contribution in [0.4, 0.5) is 0 Å². The van der Waals surface area contributed by atoms with E-state index in [1.54, 1.807) is 0 Å². The molecule has 4 nitrogen and oxygen atoms in total. The van der Waals surface area contributed by atoms with Gasteiger partial charge in [0.25, 0.3) is 0 Å². The summed E-state index contributed by atoms with van der Waals surface area (Å²) in [5.74, 6) is 1.91. The minimum Gasteiger partial charge on any atom is -0.381 e. The van der Waals surface area contributed by atoms with Gasteiger partial charge in [-0.15, -0.1) is 0 Å². The summed E-state index contributed by atoms with van der Waals surface area (Å²) < 4.78 is 5.43. The molecule has 3 saturated heterocycles. The first-order valence-electron chi connectivity index (χ1n) is 11.6. The van der Waals surface area contributed by atoms with Gasteiger partial charge in [-0.2, -0.15) is 0 Å². The van der Waals surface area contributed by atoms with Crippen LogP contribution in [-0.4, -0.2) is 61.1 Å². The van der Waals surface area contributed by atoms with Crippen LogP contribution >= 0.6 is 0 Å². The molecule has 0 saturated carbocycles. The van der Waals surface area contributed by atoms with Gasteiger partial charge < -0.3 is 14.5 Å². The highest BCUT2D eigenvalue weighted by Crippen LogP contribution is 2.43. The Hall–Kier alpha value is -1.65. The third-order valence-electron chi connectivity index (χ3n) is 7.77. The molecule has 0 bridgehead atoms. The molecule has 4 aliphatic rings. The molecule has 1 aliphatic carbocycles. The van der Waals surface area contributed by atoms with E-state index in [9.17, 15) is 4.79 Å². The molecule has 1 unspecified atom stereocenters. The first-order valence-corrected chi connectivity index (χ1v) is 11.6. The zero-order valence-corrected chi connectivity index (χ0v) is 17.6. The van der Waals surface area contributed by atoms with Crippen molar-refractivity contribution in [2.45, 2.75) is 44.6 Å². The monoisotopic (exact) mass is 394 g/mol. The molecular weight excluding hydrogens is 360 g/mol. The maximum atomic E-state index is 12.8. The van der Waals surface area contributed by atoms with Crippen LogP contribution < -0.4 is 0 Å². The van der Waals surface area contributed by atoms with Crippen molar-refractivity contribution in [3.63, 3.8) is 0 Å². The fourth-order valence-electron chi connectivity index (χ4n) is 5.87. The summed E-state index contributed by atoms with van der Waals surface area (Å²) in [5, 5.41) is 0. The fourth-order valence-corrected chi connectivity index (χ4v) is 5.87. The van der Waals surface area contributed by atoms with E-state index in [4.69, 9.17) is 4.74 Å². The fraction of sp³-hybridized carbons (Fsp3) is 0.640. The predicted molar refractivity (Wildman–Crippen MR) is 115 cm³/mol. The number of hydrogen-bond donors (Lipinski definition) is 0. The van der Waals surface area contributed by atoms with E-state index < -0.39 is 0 Å². The van der Waals surface area contributed by atoms with Crippen LogP contribution in [-0.2, 0) is 16.0 Å². The first-order chi connectivity index (χ1) is 14.2. The van der Waals surface area contributed by atoms with Gasteiger partial charge in [-0.3, -0.25) is 4.79 Å². The molecule has 1 aromatic rings. The third kappa shape index (κ3) is 3.89. The van der Waals surface area contributed by atoms with Crippen LogP contribution in [0.3, 0.4) is 0 Å². The van der Waals surface area contributed by atoms with Gasteiger partial charge in [0.1, 0.15) is 0 Å². The van der Waals surface area contributed by atoms with E-state index in [2.05, 4.69) is 53.1 Å². The molecule has 0 aromatic heterocycles. The minimum absolute atomic E-state index is 0.0915. The van der Waals surface area contributed by atoms with Gasteiger partial charge in [0.05, 0.1) is 12.5 Å². The standard InChI is InChI=1S/C25H34N2O2/c1-18-3-2-12-26(18)13-10-19-4-6-20(7-5-19)23-9-8-21-15-27(16-24(21)23)25(28)22-11-14-29-17-22/h4-9,18,21-24H,2-3,10-17H2,1H3/t18-,21-,22?,23+,24+/m1/s1. The lowest BCUT2D eigenvalue weighted by molar-refractivity contribution is -0.134. The average Bonchev–Trinajstić information content (AvgIpc) is 3.51. The molecule has 5 rings (SSSR count).